The fourth-order valence-electron chi connectivity index (χ4n) is 2.41. The van der Waals surface area contributed by atoms with Gasteiger partial charge in [0.05, 0.1) is 29.1 Å². The summed E-state index contributed by atoms with van der Waals surface area (Å²) in [4.78, 5) is 13.7. The number of hydrogen-bond donors (Lipinski definition) is 1. The first-order chi connectivity index (χ1) is 10.2. The highest BCUT2D eigenvalue weighted by molar-refractivity contribution is 7.09. The number of halogens is 1. The molecule has 0 saturated carbocycles. The lowest BCUT2D eigenvalue weighted by atomic mass is 10.3. The quantitative estimate of drug-likeness (QED) is 0.927. The molecule has 0 bridgehead atoms. The molecule has 0 spiro atoms. The number of nitrogens with zero attached hydrogens (tertiary/aromatic N) is 4. The molecule has 120 valence electrons. The largest absolute Gasteiger partial charge is 0.368 e. The molecule has 0 amide bonds. The number of rotatable bonds is 4. The zero-order chi connectivity index (χ0) is 14.7. The Balaban J connectivity index is 0.00000176. The number of nitrogens with one attached hydrogen (secondary N) is 1. The van der Waals surface area contributed by atoms with E-state index in [1.807, 2.05) is 19.2 Å². The Hall–Kier alpha value is -1.37. The zero-order valence-corrected chi connectivity index (χ0v) is 14.6. The molecule has 0 unspecified atom stereocenters. The number of aromatic nitrogens is 2. The Bertz CT molecular complexity index is 578. The van der Waals surface area contributed by atoms with Crippen LogP contribution >= 0.6 is 23.7 Å². The Kier molecular flexibility index (Phi) is 5.99. The average Bonchev–Trinajstić information content (AvgIpc) is 2.92. The third-order valence-electron chi connectivity index (χ3n) is 3.73. The fourth-order valence-corrected chi connectivity index (χ4v) is 3.03. The molecular weight excluding hydrogens is 318 g/mol. The second-order valence-electron chi connectivity index (χ2n) is 5.40. The smallest absolute Gasteiger partial charge is 0.126 e. The third-order valence-corrected chi connectivity index (χ3v) is 4.56. The van der Waals surface area contributed by atoms with Gasteiger partial charge in [0.15, 0.2) is 0 Å². The molecule has 7 heteroatoms. The second-order valence-corrected chi connectivity index (χ2v) is 6.47. The summed E-state index contributed by atoms with van der Waals surface area (Å²) < 4.78 is 0. The number of hydrogen-bond acceptors (Lipinski definition) is 6. The van der Waals surface area contributed by atoms with Crippen LogP contribution in [-0.2, 0) is 6.54 Å². The summed E-state index contributed by atoms with van der Waals surface area (Å²) >= 11 is 1.68. The lowest BCUT2D eigenvalue weighted by Crippen LogP contribution is -2.44. The van der Waals surface area contributed by atoms with Crippen LogP contribution < -0.4 is 10.2 Å². The number of likely N-dealkylation sites (N-methyl/N-ethyl adjacent to an activating group) is 1. The molecule has 22 heavy (non-hydrogen) atoms. The van der Waals surface area contributed by atoms with Gasteiger partial charge in [0.25, 0.3) is 0 Å². The minimum absolute atomic E-state index is 0. The molecule has 2 aromatic heterocycles. The summed E-state index contributed by atoms with van der Waals surface area (Å²) in [7, 11) is 2.17. The molecular formula is C15H22ClN5S. The number of pyridine rings is 1. The topological polar surface area (TPSA) is 44.3 Å². The minimum atomic E-state index is 0. The first-order valence-electron chi connectivity index (χ1n) is 7.25. The van der Waals surface area contributed by atoms with Crippen molar-refractivity contribution in [1.82, 2.24) is 14.9 Å². The van der Waals surface area contributed by atoms with E-state index in [4.69, 9.17) is 0 Å². The number of piperazine rings is 1. The van der Waals surface area contributed by atoms with Crippen LogP contribution in [-0.4, -0.2) is 48.1 Å². The van der Waals surface area contributed by atoms with Gasteiger partial charge < -0.3 is 15.1 Å². The normalized spacial score (nSPS) is 15.5. The first-order valence-corrected chi connectivity index (χ1v) is 8.13. The molecule has 1 saturated heterocycles. The Morgan fingerprint density at radius 1 is 1.23 bits per heavy atom. The summed E-state index contributed by atoms with van der Waals surface area (Å²) in [5, 5.41) is 6.50. The number of aryl methyl sites for hydroxylation is 1. The molecule has 1 fully saturated rings. The van der Waals surface area contributed by atoms with Gasteiger partial charge in [-0.3, -0.25) is 0 Å². The standard InChI is InChI=1S/C15H21N5S.ClH/c1-12-18-13(11-21-12)9-16-15-4-3-14(10-17-15)20-7-5-19(2)6-8-20;/h3-4,10-11H,5-9H2,1-2H3,(H,16,17);1H. The molecule has 1 aliphatic rings. The van der Waals surface area contributed by atoms with Crippen molar-refractivity contribution >= 4 is 35.2 Å². The van der Waals surface area contributed by atoms with Crippen LogP contribution in [0, 0.1) is 6.92 Å². The highest BCUT2D eigenvalue weighted by atomic mass is 35.5. The van der Waals surface area contributed by atoms with E-state index < -0.39 is 0 Å². The van der Waals surface area contributed by atoms with E-state index >= 15 is 0 Å². The van der Waals surface area contributed by atoms with E-state index in [0.29, 0.717) is 0 Å². The molecule has 2 aromatic rings. The minimum Gasteiger partial charge on any atom is -0.368 e. The van der Waals surface area contributed by atoms with E-state index in [-0.39, 0.29) is 12.4 Å². The molecule has 1 N–H and O–H groups in total. The average molecular weight is 340 g/mol. The second kappa shape index (κ2) is 7.76. The van der Waals surface area contributed by atoms with Gasteiger partial charge in [0.2, 0.25) is 0 Å². The van der Waals surface area contributed by atoms with Gasteiger partial charge in [-0.1, -0.05) is 0 Å². The highest BCUT2D eigenvalue weighted by Gasteiger charge is 2.14. The molecule has 0 aromatic carbocycles. The predicted molar refractivity (Wildman–Crippen MR) is 95.4 cm³/mol. The van der Waals surface area contributed by atoms with Crippen molar-refractivity contribution in [1.29, 1.82) is 0 Å². The van der Waals surface area contributed by atoms with Crippen LogP contribution in [0.3, 0.4) is 0 Å². The van der Waals surface area contributed by atoms with Crippen molar-refractivity contribution < 1.29 is 0 Å². The summed E-state index contributed by atoms with van der Waals surface area (Å²) in [6.45, 7) is 7.13. The van der Waals surface area contributed by atoms with Gasteiger partial charge in [-0.05, 0) is 26.1 Å². The van der Waals surface area contributed by atoms with Gasteiger partial charge in [0, 0.05) is 31.6 Å². The molecule has 0 aliphatic carbocycles. The maximum Gasteiger partial charge on any atom is 0.126 e. The Labute approximate surface area is 141 Å². The van der Waals surface area contributed by atoms with E-state index in [9.17, 15) is 0 Å². The summed E-state index contributed by atoms with van der Waals surface area (Å²) in [6, 6.07) is 4.19. The van der Waals surface area contributed by atoms with Gasteiger partial charge in [-0.15, -0.1) is 23.7 Å². The van der Waals surface area contributed by atoms with Crippen LogP contribution in [0.1, 0.15) is 10.7 Å². The first kappa shape index (κ1) is 17.0. The molecule has 3 heterocycles. The number of thiazole rings is 1. The maximum atomic E-state index is 4.50. The lowest BCUT2D eigenvalue weighted by Gasteiger charge is -2.33. The van der Waals surface area contributed by atoms with Crippen LogP contribution in [0.4, 0.5) is 11.5 Å². The van der Waals surface area contributed by atoms with Crippen LogP contribution in [0.25, 0.3) is 0 Å². The van der Waals surface area contributed by atoms with Crippen molar-refractivity contribution in [3.8, 4) is 0 Å². The molecule has 5 nitrogen and oxygen atoms in total. The maximum absolute atomic E-state index is 4.50. The van der Waals surface area contributed by atoms with Crippen LogP contribution in [0.2, 0.25) is 0 Å². The predicted octanol–water partition coefficient (Wildman–Crippen LogP) is 2.63. The van der Waals surface area contributed by atoms with Crippen molar-refractivity contribution in [2.75, 3.05) is 43.4 Å². The molecule has 1 aliphatic heterocycles. The van der Waals surface area contributed by atoms with Crippen LogP contribution in [0.15, 0.2) is 23.7 Å². The Morgan fingerprint density at radius 2 is 2.00 bits per heavy atom. The van der Waals surface area contributed by atoms with E-state index in [0.717, 1.165) is 49.2 Å². The van der Waals surface area contributed by atoms with E-state index in [1.54, 1.807) is 11.3 Å². The van der Waals surface area contributed by atoms with Gasteiger partial charge in [-0.2, -0.15) is 0 Å². The van der Waals surface area contributed by atoms with E-state index in [2.05, 4.69) is 43.6 Å². The highest BCUT2D eigenvalue weighted by Crippen LogP contribution is 2.17. The fraction of sp³-hybridized carbons (Fsp3) is 0.467. The monoisotopic (exact) mass is 339 g/mol. The van der Waals surface area contributed by atoms with Gasteiger partial charge in [-0.25, -0.2) is 9.97 Å². The van der Waals surface area contributed by atoms with Gasteiger partial charge in [0.1, 0.15) is 5.82 Å². The SMILES string of the molecule is Cc1nc(CNc2ccc(N3CCN(C)CC3)cn2)cs1.Cl. The van der Waals surface area contributed by atoms with E-state index in [1.165, 1.54) is 5.69 Å². The summed E-state index contributed by atoms with van der Waals surface area (Å²) in [5.74, 6) is 0.901. The summed E-state index contributed by atoms with van der Waals surface area (Å²) in [5.41, 5.74) is 2.28. The van der Waals surface area contributed by atoms with Crippen molar-refractivity contribution in [3.05, 3.63) is 34.4 Å². The Morgan fingerprint density at radius 3 is 2.59 bits per heavy atom. The van der Waals surface area contributed by atoms with Crippen molar-refractivity contribution in [3.63, 3.8) is 0 Å². The van der Waals surface area contributed by atoms with Crippen molar-refractivity contribution in [2.24, 2.45) is 0 Å². The molecule has 0 atom stereocenters. The van der Waals surface area contributed by atoms with Crippen LogP contribution in [0.5, 0.6) is 0 Å². The van der Waals surface area contributed by atoms with Gasteiger partial charge >= 0.3 is 0 Å². The summed E-state index contributed by atoms with van der Waals surface area (Å²) in [6.07, 6.45) is 1.96. The lowest BCUT2D eigenvalue weighted by molar-refractivity contribution is 0.313. The molecule has 3 rings (SSSR count). The van der Waals surface area contributed by atoms with Crippen molar-refractivity contribution in [2.45, 2.75) is 13.5 Å². The third kappa shape index (κ3) is 4.32. The zero-order valence-electron chi connectivity index (χ0n) is 13.0. The number of anilines is 2. The molecule has 0 radical (unpaired) electrons.